The van der Waals surface area contributed by atoms with Crippen LogP contribution in [-0.4, -0.2) is 18.7 Å². The van der Waals surface area contributed by atoms with Crippen LogP contribution in [0.1, 0.15) is 35.3 Å². The van der Waals surface area contributed by atoms with Gasteiger partial charge in [0.05, 0.1) is 0 Å². The summed E-state index contributed by atoms with van der Waals surface area (Å²) in [5.41, 5.74) is 5.89. The number of aliphatic hydroxyl groups is 1. The predicted octanol–water partition coefficient (Wildman–Crippen LogP) is 3.32. The molecule has 0 saturated heterocycles. The molecule has 3 rings (SSSR count). The van der Waals surface area contributed by atoms with Crippen LogP contribution in [0.5, 0.6) is 0 Å². The van der Waals surface area contributed by atoms with Crippen molar-refractivity contribution in [3.63, 3.8) is 0 Å². The average Bonchev–Trinajstić information content (AvgIpc) is 2.87. The fourth-order valence-corrected chi connectivity index (χ4v) is 2.88. The number of likely N-dealkylation sites (N-methyl/N-ethyl adjacent to an activating group) is 1. The van der Waals surface area contributed by atoms with Gasteiger partial charge in [-0.25, -0.2) is 0 Å². The first-order valence-corrected chi connectivity index (χ1v) is 7.30. The van der Waals surface area contributed by atoms with Crippen molar-refractivity contribution in [3.8, 4) is 0 Å². The highest BCUT2D eigenvalue weighted by Gasteiger charge is 2.18. The van der Waals surface area contributed by atoms with Crippen LogP contribution in [-0.2, 0) is 12.8 Å². The number of rotatable bonds is 3. The van der Waals surface area contributed by atoms with Gasteiger partial charge in [0.25, 0.3) is 0 Å². The van der Waals surface area contributed by atoms with E-state index in [-0.39, 0.29) is 0 Å². The van der Waals surface area contributed by atoms with Gasteiger partial charge in [0, 0.05) is 19.3 Å². The van der Waals surface area contributed by atoms with Crippen molar-refractivity contribution in [2.75, 3.05) is 18.5 Å². The molecule has 0 amide bonds. The van der Waals surface area contributed by atoms with Crippen LogP contribution in [0.3, 0.4) is 0 Å². The van der Waals surface area contributed by atoms with Gasteiger partial charge < -0.3 is 10.0 Å². The van der Waals surface area contributed by atoms with E-state index in [1.807, 2.05) is 18.2 Å². The molecule has 1 aliphatic heterocycles. The van der Waals surface area contributed by atoms with E-state index in [1.54, 1.807) is 0 Å². The summed E-state index contributed by atoms with van der Waals surface area (Å²) in [6, 6.07) is 14.6. The highest BCUT2D eigenvalue weighted by Crippen LogP contribution is 2.31. The molecule has 1 N–H and O–H groups in total. The maximum absolute atomic E-state index is 10.5. The first kappa shape index (κ1) is 13.2. The molecule has 2 aromatic carbocycles. The summed E-state index contributed by atoms with van der Waals surface area (Å²) >= 11 is 0. The fourth-order valence-electron chi connectivity index (χ4n) is 2.88. The summed E-state index contributed by atoms with van der Waals surface area (Å²) in [5, 5.41) is 10.5. The van der Waals surface area contributed by atoms with Crippen molar-refractivity contribution in [2.45, 2.75) is 25.9 Å². The van der Waals surface area contributed by atoms with E-state index in [1.165, 1.54) is 16.8 Å². The summed E-state index contributed by atoms with van der Waals surface area (Å²) < 4.78 is 0. The predicted molar refractivity (Wildman–Crippen MR) is 83.3 cm³/mol. The molecular formula is C18H21NO. The van der Waals surface area contributed by atoms with E-state index < -0.39 is 6.10 Å². The van der Waals surface area contributed by atoms with Gasteiger partial charge >= 0.3 is 0 Å². The minimum Gasteiger partial charge on any atom is -0.384 e. The molecule has 0 saturated carbocycles. The Bertz CT molecular complexity index is 603. The first-order chi connectivity index (χ1) is 9.69. The molecule has 2 aromatic rings. The zero-order valence-electron chi connectivity index (χ0n) is 12.1. The number of hydrogen-bond donors (Lipinski definition) is 1. The van der Waals surface area contributed by atoms with E-state index in [0.29, 0.717) is 0 Å². The van der Waals surface area contributed by atoms with Crippen molar-refractivity contribution in [1.82, 2.24) is 0 Å². The molecule has 0 aromatic heterocycles. The summed E-state index contributed by atoms with van der Waals surface area (Å²) in [5.74, 6) is 0. The number of aliphatic hydroxyl groups excluding tert-OH is 1. The Morgan fingerprint density at radius 2 is 1.80 bits per heavy atom. The molecule has 2 nitrogen and oxygen atoms in total. The molecule has 2 heteroatoms. The molecule has 104 valence electrons. The molecule has 0 bridgehead atoms. The molecule has 1 heterocycles. The third-order valence-electron chi connectivity index (χ3n) is 4.25. The van der Waals surface area contributed by atoms with Crippen LogP contribution in [0.2, 0.25) is 0 Å². The standard InChI is InChI=1S/C18H21NO/c1-3-13-4-6-14(7-5-13)18(20)16-8-9-17-15(12-16)10-11-19(17)2/h4-9,12,18,20H,3,10-11H2,1-2H3. The lowest BCUT2D eigenvalue weighted by Crippen LogP contribution is -2.12. The Morgan fingerprint density at radius 1 is 1.10 bits per heavy atom. The van der Waals surface area contributed by atoms with Crippen molar-refractivity contribution in [3.05, 3.63) is 64.7 Å². The van der Waals surface area contributed by atoms with Gasteiger partial charge in [-0.15, -0.1) is 0 Å². The SMILES string of the molecule is CCc1ccc(C(O)c2ccc3c(c2)CCN3C)cc1. The summed E-state index contributed by atoms with van der Waals surface area (Å²) in [6.45, 7) is 3.21. The molecule has 1 unspecified atom stereocenters. The minimum atomic E-state index is -0.530. The van der Waals surface area contributed by atoms with Gasteiger partial charge in [0.2, 0.25) is 0 Å². The highest BCUT2D eigenvalue weighted by atomic mass is 16.3. The lowest BCUT2D eigenvalue weighted by atomic mass is 9.97. The van der Waals surface area contributed by atoms with Crippen LogP contribution in [0.4, 0.5) is 5.69 Å². The lowest BCUT2D eigenvalue weighted by molar-refractivity contribution is 0.220. The van der Waals surface area contributed by atoms with E-state index in [4.69, 9.17) is 0 Å². The number of nitrogens with zero attached hydrogens (tertiary/aromatic N) is 1. The second kappa shape index (κ2) is 5.29. The molecule has 0 fully saturated rings. The second-order valence-corrected chi connectivity index (χ2v) is 5.56. The number of aryl methyl sites for hydroxylation is 1. The van der Waals surface area contributed by atoms with Crippen molar-refractivity contribution in [2.24, 2.45) is 0 Å². The van der Waals surface area contributed by atoms with Gasteiger partial charge in [-0.05, 0) is 41.2 Å². The van der Waals surface area contributed by atoms with Gasteiger partial charge in [-0.1, -0.05) is 43.3 Å². The van der Waals surface area contributed by atoms with Crippen molar-refractivity contribution in [1.29, 1.82) is 0 Å². The third-order valence-corrected chi connectivity index (χ3v) is 4.25. The monoisotopic (exact) mass is 267 g/mol. The average molecular weight is 267 g/mol. The van der Waals surface area contributed by atoms with Crippen LogP contribution in [0.25, 0.3) is 0 Å². The zero-order chi connectivity index (χ0) is 14.1. The Hall–Kier alpha value is -1.80. The van der Waals surface area contributed by atoms with Gasteiger partial charge in [-0.2, -0.15) is 0 Å². The molecule has 1 atom stereocenters. The summed E-state index contributed by atoms with van der Waals surface area (Å²) in [4.78, 5) is 2.27. The van der Waals surface area contributed by atoms with Gasteiger partial charge in [-0.3, -0.25) is 0 Å². The Labute approximate surface area is 120 Å². The Morgan fingerprint density at radius 3 is 2.50 bits per heavy atom. The molecule has 0 spiro atoms. The minimum absolute atomic E-state index is 0.530. The largest absolute Gasteiger partial charge is 0.384 e. The van der Waals surface area contributed by atoms with E-state index in [0.717, 1.165) is 30.5 Å². The summed E-state index contributed by atoms with van der Waals surface area (Å²) in [6.07, 6.45) is 1.57. The smallest absolute Gasteiger partial charge is 0.104 e. The molecule has 0 radical (unpaired) electrons. The van der Waals surface area contributed by atoms with E-state index >= 15 is 0 Å². The fraction of sp³-hybridized carbons (Fsp3) is 0.333. The number of benzene rings is 2. The maximum atomic E-state index is 10.5. The number of anilines is 1. The Kier molecular flexibility index (Phi) is 3.49. The highest BCUT2D eigenvalue weighted by molar-refractivity contribution is 5.59. The third kappa shape index (κ3) is 2.32. The first-order valence-electron chi connectivity index (χ1n) is 7.30. The maximum Gasteiger partial charge on any atom is 0.104 e. The normalized spacial score (nSPS) is 15.2. The Balaban J connectivity index is 1.88. The second-order valence-electron chi connectivity index (χ2n) is 5.56. The van der Waals surface area contributed by atoms with E-state index in [2.05, 4.69) is 43.1 Å². The van der Waals surface area contributed by atoms with Crippen molar-refractivity contribution < 1.29 is 5.11 Å². The number of hydrogen-bond acceptors (Lipinski definition) is 2. The van der Waals surface area contributed by atoms with Gasteiger partial charge in [0.15, 0.2) is 0 Å². The summed E-state index contributed by atoms with van der Waals surface area (Å²) in [7, 11) is 2.12. The van der Waals surface area contributed by atoms with Crippen LogP contribution in [0.15, 0.2) is 42.5 Å². The van der Waals surface area contributed by atoms with Crippen molar-refractivity contribution >= 4 is 5.69 Å². The zero-order valence-corrected chi connectivity index (χ0v) is 12.1. The van der Waals surface area contributed by atoms with Crippen LogP contribution in [0, 0.1) is 0 Å². The molecule has 20 heavy (non-hydrogen) atoms. The van der Waals surface area contributed by atoms with Crippen LogP contribution < -0.4 is 4.90 Å². The molecule has 0 aliphatic carbocycles. The molecule has 1 aliphatic rings. The van der Waals surface area contributed by atoms with E-state index in [9.17, 15) is 5.11 Å². The lowest BCUT2D eigenvalue weighted by Gasteiger charge is -2.15. The van der Waals surface area contributed by atoms with Crippen LogP contribution >= 0.6 is 0 Å². The number of fused-ring (bicyclic) bond motifs is 1. The van der Waals surface area contributed by atoms with Gasteiger partial charge in [0.1, 0.15) is 6.10 Å². The molecular weight excluding hydrogens is 246 g/mol. The quantitative estimate of drug-likeness (QED) is 0.922. The topological polar surface area (TPSA) is 23.5 Å².